The number of nitrogens with one attached hydrogen (secondary N) is 4. The van der Waals surface area contributed by atoms with Crippen molar-refractivity contribution in [2.24, 2.45) is 5.92 Å². The highest BCUT2D eigenvalue weighted by Gasteiger charge is 2.19. The maximum Gasteiger partial charge on any atom is 0.224 e. The normalized spacial score (nSPS) is 13.9. The van der Waals surface area contributed by atoms with E-state index in [0.717, 1.165) is 47.9 Å². The third-order valence-electron chi connectivity index (χ3n) is 7.70. The Kier molecular flexibility index (Phi) is 6.95. The number of ether oxygens (including phenoxy) is 1. The van der Waals surface area contributed by atoms with Gasteiger partial charge in [0.25, 0.3) is 0 Å². The molecule has 0 saturated carbocycles. The number of carbonyl (C=O) groups is 1. The van der Waals surface area contributed by atoms with Gasteiger partial charge in [-0.05, 0) is 62.2 Å². The van der Waals surface area contributed by atoms with E-state index in [2.05, 4.69) is 40.8 Å². The lowest BCUT2D eigenvalue weighted by Gasteiger charge is -2.21. The standard InChI is InChI=1S/C31H28FN9O2/c1-43-22-11-18(9-20(32)12-22)28-30-24(4-7-35-28)38-31(39-30)29-23-13-25(36-16-26(23)40-41-29)19-10-21(15-34-14-19)37-27(42)8-17-2-5-33-6-3-17/h4,7,9-17,33H,2-3,5-6,8H2,1H3,(H,37,42)(H,38,39)(H,40,41). The number of methoxy groups -OCH3 is 1. The second kappa shape index (κ2) is 11.2. The zero-order valence-corrected chi connectivity index (χ0v) is 23.3. The molecule has 0 atom stereocenters. The molecule has 0 radical (unpaired) electrons. The predicted molar refractivity (Wildman–Crippen MR) is 161 cm³/mol. The number of rotatable bonds is 7. The van der Waals surface area contributed by atoms with Crippen LogP contribution in [0.15, 0.2) is 61.2 Å². The van der Waals surface area contributed by atoms with Crippen molar-refractivity contribution in [1.82, 2.24) is 40.4 Å². The van der Waals surface area contributed by atoms with E-state index in [1.54, 1.807) is 30.9 Å². The minimum absolute atomic E-state index is 0.0122. The van der Waals surface area contributed by atoms with Gasteiger partial charge in [0.1, 0.15) is 22.8 Å². The highest BCUT2D eigenvalue weighted by molar-refractivity contribution is 5.97. The van der Waals surface area contributed by atoms with Crippen LogP contribution in [0.1, 0.15) is 19.3 Å². The lowest BCUT2D eigenvalue weighted by Crippen LogP contribution is -2.30. The van der Waals surface area contributed by atoms with Gasteiger partial charge in [-0.1, -0.05) is 0 Å². The molecule has 1 amide bonds. The highest BCUT2D eigenvalue weighted by atomic mass is 19.1. The van der Waals surface area contributed by atoms with E-state index < -0.39 is 5.82 Å². The number of amides is 1. The Bertz CT molecular complexity index is 1960. The average Bonchev–Trinajstić information content (AvgIpc) is 3.65. The molecule has 5 aromatic heterocycles. The minimum atomic E-state index is -0.429. The Morgan fingerprint density at radius 3 is 2.77 bits per heavy atom. The molecule has 11 nitrogen and oxygen atoms in total. The number of halogens is 1. The molecule has 4 N–H and O–H groups in total. The first-order valence-electron chi connectivity index (χ1n) is 14.0. The summed E-state index contributed by atoms with van der Waals surface area (Å²) in [6.45, 7) is 1.90. The number of anilines is 1. The molecule has 1 aliphatic rings. The van der Waals surface area contributed by atoms with Crippen LogP contribution in [0.4, 0.5) is 10.1 Å². The van der Waals surface area contributed by atoms with Crippen LogP contribution in [0.25, 0.3) is 56.0 Å². The van der Waals surface area contributed by atoms with Crippen LogP contribution in [0.3, 0.4) is 0 Å². The second-order valence-corrected chi connectivity index (χ2v) is 10.6. The quantitative estimate of drug-likeness (QED) is 0.205. The summed E-state index contributed by atoms with van der Waals surface area (Å²) in [4.78, 5) is 34.2. The molecule has 43 heavy (non-hydrogen) atoms. The van der Waals surface area contributed by atoms with Gasteiger partial charge in [0.05, 0.1) is 47.6 Å². The van der Waals surface area contributed by atoms with Gasteiger partial charge in [0, 0.05) is 41.4 Å². The van der Waals surface area contributed by atoms with Crippen molar-refractivity contribution in [1.29, 1.82) is 0 Å². The van der Waals surface area contributed by atoms with E-state index in [1.807, 2.05) is 18.2 Å². The largest absolute Gasteiger partial charge is 0.497 e. The molecule has 6 heterocycles. The van der Waals surface area contributed by atoms with Crippen LogP contribution >= 0.6 is 0 Å². The van der Waals surface area contributed by atoms with Crippen molar-refractivity contribution in [3.63, 3.8) is 0 Å². The molecular weight excluding hydrogens is 549 g/mol. The van der Waals surface area contributed by atoms with E-state index in [4.69, 9.17) is 9.72 Å². The van der Waals surface area contributed by atoms with Gasteiger partial charge < -0.3 is 20.4 Å². The topological polar surface area (TPSA) is 146 Å². The summed E-state index contributed by atoms with van der Waals surface area (Å²) >= 11 is 0. The van der Waals surface area contributed by atoms with Crippen molar-refractivity contribution < 1.29 is 13.9 Å². The number of carbonyl (C=O) groups excluding carboxylic acids is 1. The van der Waals surface area contributed by atoms with Crippen LogP contribution in [-0.4, -0.2) is 61.2 Å². The van der Waals surface area contributed by atoms with E-state index in [1.165, 1.54) is 19.2 Å². The van der Waals surface area contributed by atoms with Crippen LogP contribution in [0.5, 0.6) is 5.75 Å². The molecule has 1 aliphatic heterocycles. The minimum Gasteiger partial charge on any atom is -0.497 e. The number of piperidine rings is 1. The van der Waals surface area contributed by atoms with Gasteiger partial charge in [-0.15, -0.1) is 0 Å². The summed E-state index contributed by atoms with van der Waals surface area (Å²) in [6, 6.07) is 10.0. The zero-order valence-electron chi connectivity index (χ0n) is 23.3. The number of fused-ring (bicyclic) bond motifs is 2. The fourth-order valence-electron chi connectivity index (χ4n) is 5.54. The van der Waals surface area contributed by atoms with E-state index >= 15 is 0 Å². The summed E-state index contributed by atoms with van der Waals surface area (Å²) in [5.41, 5.74) is 5.74. The molecule has 216 valence electrons. The molecule has 0 aliphatic carbocycles. The molecule has 0 bridgehead atoms. The van der Waals surface area contributed by atoms with Crippen molar-refractivity contribution in [3.05, 3.63) is 67.0 Å². The number of H-pyrrole nitrogens is 2. The predicted octanol–water partition coefficient (Wildman–Crippen LogP) is 5.10. The fourth-order valence-corrected chi connectivity index (χ4v) is 5.54. The third kappa shape index (κ3) is 5.40. The molecule has 1 aromatic carbocycles. The maximum absolute atomic E-state index is 14.3. The smallest absolute Gasteiger partial charge is 0.224 e. The first-order valence-corrected chi connectivity index (χ1v) is 14.0. The van der Waals surface area contributed by atoms with Gasteiger partial charge in [-0.2, -0.15) is 5.10 Å². The molecule has 6 aromatic rings. The Labute approximate surface area is 245 Å². The number of benzene rings is 1. The van der Waals surface area contributed by atoms with Crippen LogP contribution in [-0.2, 0) is 4.79 Å². The number of hydrogen-bond acceptors (Lipinski definition) is 8. The van der Waals surface area contributed by atoms with Gasteiger partial charge in [0.15, 0.2) is 5.82 Å². The third-order valence-corrected chi connectivity index (χ3v) is 7.70. The number of aromatic amines is 2. The van der Waals surface area contributed by atoms with Gasteiger partial charge in [0.2, 0.25) is 5.91 Å². The van der Waals surface area contributed by atoms with E-state index in [0.29, 0.717) is 57.8 Å². The lowest BCUT2D eigenvalue weighted by atomic mass is 9.94. The number of hydrogen-bond donors (Lipinski definition) is 4. The van der Waals surface area contributed by atoms with Gasteiger partial charge in [-0.25, -0.2) is 9.37 Å². The van der Waals surface area contributed by atoms with Crippen molar-refractivity contribution in [2.45, 2.75) is 19.3 Å². The lowest BCUT2D eigenvalue weighted by molar-refractivity contribution is -0.117. The Hall–Kier alpha value is -5.23. The molecule has 0 spiro atoms. The molecule has 12 heteroatoms. The van der Waals surface area contributed by atoms with Crippen molar-refractivity contribution >= 4 is 33.5 Å². The Balaban J connectivity index is 1.20. The zero-order chi connectivity index (χ0) is 29.3. The van der Waals surface area contributed by atoms with E-state index in [-0.39, 0.29) is 5.91 Å². The van der Waals surface area contributed by atoms with Crippen molar-refractivity contribution in [3.8, 4) is 39.8 Å². The second-order valence-electron chi connectivity index (χ2n) is 10.6. The summed E-state index contributed by atoms with van der Waals surface area (Å²) in [7, 11) is 1.49. The fraction of sp³-hybridized carbons (Fsp3) is 0.226. The van der Waals surface area contributed by atoms with Gasteiger partial charge >= 0.3 is 0 Å². The molecule has 1 saturated heterocycles. The summed E-state index contributed by atoms with van der Waals surface area (Å²) in [5, 5.41) is 14.7. The number of pyridine rings is 3. The molecular formula is C31H28FN9O2. The maximum atomic E-state index is 14.3. The Morgan fingerprint density at radius 1 is 1.02 bits per heavy atom. The monoisotopic (exact) mass is 577 g/mol. The van der Waals surface area contributed by atoms with Crippen LogP contribution in [0.2, 0.25) is 0 Å². The molecule has 1 fully saturated rings. The van der Waals surface area contributed by atoms with Crippen LogP contribution in [0, 0.1) is 11.7 Å². The Morgan fingerprint density at radius 2 is 1.91 bits per heavy atom. The number of nitrogens with zero attached hydrogens (tertiary/aromatic N) is 5. The number of aromatic nitrogens is 7. The molecule has 0 unspecified atom stereocenters. The summed E-state index contributed by atoms with van der Waals surface area (Å²) in [6.07, 6.45) is 9.21. The summed E-state index contributed by atoms with van der Waals surface area (Å²) < 4.78 is 19.5. The number of imidazole rings is 1. The highest BCUT2D eigenvalue weighted by Crippen LogP contribution is 2.33. The van der Waals surface area contributed by atoms with Crippen molar-refractivity contribution in [2.75, 3.05) is 25.5 Å². The average molecular weight is 578 g/mol. The van der Waals surface area contributed by atoms with Crippen LogP contribution < -0.4 is 15.4 Å². The first-order chi connectivity index (χ1) is 21.0. The van der Waals surface area contributed by atoms with Gasteiger partial charge in [-0.3, -0.25) is 24.8 Å². The SMILES string of the molecule is COc1cc(F)cc(-c2nccc3[nH]c(-c4n[nH]c5cnc(-c6cncc(NC(=O)CC7CCNCC7)c6)cc45)nc23)c1. The van der Waals surface area contributed by atoms with E-state index in [9.17, 15) is 9.18 Å². The molecule has 7 rings (SSSR count). The first kappa shape index (κ1) is 26.7. The summed E-state index contributed by atoms with van der Waals surface area (Å²) in [5.74, 6) is 0.863.